The minimum absolute atomic E-state index is 0.619. The van der Waals surface area contributed by atoms with E-state index >= 15 is 0 Å². The Morgan fingerprint density at radius 1 is 1.33 bits per heavy atom. The monoisotopic (exact) mass is 212 g/mol. The quantitative estimate of drug-likeness (QED) is 0.670. The molecule has 1 aliphatic carbocycles. The summed E-state index contributed by atoms with van der Waals surface area (Å²) in [7, 11) is 0. The van der Waals surface area contributed by atoms with Gasteiger partial charge in [-0.2, -0.15) is 0 Å². The molecule has 0 bridgehead atoms. The molecule has 1 aliphatic rings. The molecular formula is C13H28N2. The Bertz CT molecular complexity index is 166. The average Bonchev–Trinajstić information content (AvgIpc) is 3.07. The molecule has 2 unspecified atom stereocenters. The predicted molar refractivity (Wildman–Crippen MR) is 66.9 cm³/mol. The lowest BCUT2D eigenvalue weighted by Gasteiger charge is -2.35. The van der Waals surface area contributed by atoms with Gasteiger partial charge in [-0.15, -0.1) is 0 Å². The molecule has 15 heavy (non-hydrogen) atoms. The first-order valence-electron chi connectivity index (χ1n) is 6.70. The first kappa shape index (κ1) is 13.0. The van der Waals surface area contributed by atoms with E-state index in [9.17, 15) is 0 Å². The van der Waals surface area contributed by atoms with Gasteiger partial charge in [-0.05, 0) is 31.7 Å². The maximum absolute atomic E-state index is 5.95. The number of hydrogen-bond acceptors (Lipinski definition) is 2. The maximum atomic E-state index is 5.95. The first-order chi connectivity index (χ1) is 7.24. The van der Waals surface area contributed by atoms with Crippen molar-refractivity contribution < 1.29 is 0 Å². The van der Waals surface area contributed by atoms with Crippen molar-refractivity contribution in [3.8, 4) is 0 Å². The lowest BCUT2D eigenvalue weighted by atomic mass is 9.97. The second kappa shape index (κ2) is 6.49. The average molecular weight is 212 g/mol. The van der Waals surface area contributed by atoms with Crippen LogP contribution in [0.25, 0.3) is 0 Å². The van der Waals surface area contributed by atoms with Crippen LogP contribution in [0.5, 0.6) is 0 Å². The zero-order valence-corrected chi connectivity index (χ0v) is 10.7. The number of unbranched alkanes of at least 4 members (excludes halogenated alkanes) is 1. The summed E-state index contributed by atoms with van der Waals surface area (Å²) in [6, 6.07) is 1.48. The summed E-state index contributed by atoms with van der Waals surface area (Å²) in [6.45, 7) is 8.98. The van der Waals surface area contributed by atoms with E-state index < -0.39 is 0 Å². The minimum Gasteiger partial charge on any atom is -0.329 e. The largest absolute Gasteiger partial charge is 0.329 e. The van der Waals surface area contributed by atoms with Crippen LogP contribution in [0, 0.1) is 5.92 Å². The van der Waals surface area contributed by atoms with E-state index in [0.717, 1.165) is 18.5 Å². The van der Waals surface area contributed by atoms with Crippen LogP contribution in [0.2, 0.25) is 0 Å². The van der Waals surface area contributed by atoms with Crippen LogP contribution in [-0.4, -0.2) is 30.1 Å². The highest BCUT2D eigenvalue weighted by molar-refractivity contribution is 4.90. The zero-order valence-electron chi connectivity index (χ0n) is 10.7. The fraction of sp³-hybridized carbons (Fsp3) is 1.00. The Kier molecular flexibility index (Phi) is 5.62. The van der Waals surface area contributed by atoms with Crippen LogP contribution in [0.15, 0.2) is 0 Å². The van der Waals surface area contributed by atoms with Crippen molar-refractivity contribution in [2.24, 2.45) is 11.7 Å². The second-order valence-electron chi connectivity index (χ2n) is 5.01. The third-order valence-corrected chi connectivity index (χ3v) is 3.75. The Balaban J connectivity index is 2.50. The van der Waals surface area contributed by atoms with Gasteiger partial charge in [0, 0.05) is 18.6 Å². The molecule has 0 radical (unpaired) electrons. The van der Waals surface area contributed by atoms with E-state index in [1.165, 1.54) is 38.6 Å². The molecule has 0 amide bonds. The molecule has 0 aromatic rings. The molecule has 1 rings (SSSR count). The van der Waals surface area contributed by atoms with Gasteiger partial charge in [-0.3, -0.25) is 4.90 Å². The molecule has 0 saturated heterocycles. The maximum Gasteiger partial charge on any atom is 0.0246 e. The molecule has 0 aromatic carbocycles. The van der Waals surface area contributed by atoms with Crippen molar-refractivity contribution in [3.05, 3.63) is 0 Å². The molecule has 90 valence electrons. The van der Waals surface area contributed by atoms with Crippen LogP contribution in [0.1, 0.15) is 52.9 Å². The number of hydrogen-bond donors (Lipinski definition) is 1. The zero-order chi connectivity index (χ0) is 11.3. The van der Waals surface area contributed by atoms with Crippen molar-refractivity contribution in [1.29, 1.82) is 0 Å². The third kappa shape index (κ3) is 3.76. The lowest BCUT2D eigenvalue weighted by Crippen LogP contribution is -2.46. The molecule has 0 heterocycles. The highest BCUT2D eigenvalue weighted by Crippen LogP contribution is 2.31. The first-order valence-corrected chi connectivity index (χ1v) is 6.70. The summed E-state index contributed by atoms with van der Waals surface area (Å²) in [5, 5.41) is 0. The van der Waals surface area contributed by atoms with Crippen molar-refractivity contribution in [3.63, 3.8) is 0 Å². The topological polar surface area (TPSA) is 29.3 Å². The van der Waals surface area contributed by atoms with Crippen LogP contribution < -0.4 is 5.73 Å². The van der Waals surface area contributed by atoms with Gasteiger partial charge in [0.25, 0.3) is 0 Å². The smallest absolute Gasteiger partial charge is 0.0246 e. The molecule has 1 fully saturated rings. The van der Waals surface area contributed by atoms with Gasteiger partial charge < -0.3 is 5.73 Å². The fourth-order valence-electron chi connectivity index (χ4n) is 2.33. The van der Waals surface area contributed by atoms with Crippen LogP contribution >= 0.6 is 0 Å². The molecule has 0 spiro atoms. The van der Waals surface area contributed by atoms with Gasteiger partial charge in [-0.1, -0.05) is 33.6 Å². The summed E-state index contributed by atoms with van der Waals surface area (Å²) in [6.07, 6.45) is 6.66. The second-order valence-corrected chi connectivity index (χ2v) is 5.01. The van der Waals surface area contributed by atoms with Crippen molar-refractivity contribution in [1.82, 2.24) is 4.90 Å². The predicted octanol–water partition coefficient (Wildman–Crippen LogP) is 2.62. The molecule has 2 atom stereocenters. The summed E-state index contributed by atoms with van der Waals surface area (Å²) < 4.78 is 0. The van der Waals surface area contributed by atoms with Gasteiger partial charge >= 0.3 is 0 Å². The molecule has 2 heteroatoms. The Hall–Kier alpha value is -0.0800. The highest BCUT2D eigenvalue weighted by Gasteiger charge is 2.34. The molecule has 2 N–H and O–H groups in total. The Morgan fingerprint density at radius 3 is 2.40 bits per heavy atom. The molecular weight excluding hydrogens is 184 g/mol. The van der Waals surface area contributed by atoms with Crippen LogP contribution in [0.3, 0.4) is 0 Å². The van der Waals surface area contributed by atoms with Crippen molar-refractivity contribution in [2.45, 2.75) is 65.0 Å². The lowest BCUT2D eigenvalue weighted by molar-refractivity contribution is 0.139. The Morgan fingerprint density at radius 2 is 2.00 bits per heavy atom. The van der Waals surface area contributed by atoms with E-state index in [2.05, 4.69) is 25.7 Å². The van der Waals surface area contributed by atoms with Gasteiger partial charge in [-0.25, -0.2) is 0 Å². The standard InChI is InChI=1S/C13H28N2/c1-4-6-9-15(12-7-8-12)13(10-14)11(3)5-2/h11-13H,4-10,14H2,1-3H3. The van der Waals surface area contributed by atoms with Crippen molar-refractivity contribution in [2.75, 3.05) is 13.1 Å². The van der Waals surface area contributed by atoms with Crippen molar-refractivity contribution >= 4 is 0 Å². The van der Waals surface area contributed by atoms with Crippen LogP contribution in [0.4, 0.5) is 0 Å². The fourth-order valence-corrected chi connectivity index (χ4v) is 2.33. The number of nitrogens with two attached hydrogens (primary N) is 1. The summed E-state index contributed by atoms with van der Waals surface area (Å²) in [4.78, 5) is 2.69. The normalized spacial score (nSPS) is 20.6. The van der Waals surface area contributed by atoms with E-state index in [1.807, 2.05) is 0 Å². The summed E-state index contributed by atoms with van der Waals surface area (Å²) in [5.41, 5.74) is 5.95. The van der Waals surface area contributed by atoms with E-state index in [4.69, 9.17) is 5.73 Å². The number of rotatable bonds is 8. The van der Waals surface area contributed by atoms with Gasteiger partial charge in [0.15, 0.2) is 0 Å². The molecule has 0 aliphatic heterocycles. The van der Waals surface area contributed by atoms with E-state index in [0.29, 0.717) is 6.04 Å². The summed E-state index contributed by atoms with van der Waals surface area (Å²) in [5.74, 6) is 0.743. The number of nitrogens with zero attached hydrogens (tertiary/aromatic N) is 1. The van der Waals surface area contributed by atoms with E-state index in [-0.39, 0.29) is 0 Å². The van der Waals surface area contributed by atoms with Crippen LogP contribution in [-0.2, 0) is 0 Å². The molecule has 0 aromatic heterocycles. The SMILES string of the molecule is CCCCN(C1CC1)C(CN)C(C)CC. The molecule has 1 saturated carbocycles. The Labute approximate surface area is 95.2 Å². The highest BCUT2D eigenvalue weighted by atomic mass is 15.2. The third-order valence-electron chi connectivity index (χ3n) is 3.75. The van der Waals surface area contributed by atoms with E-state index in [1.54, 1.807) is 0 Å². The minimum atomic E-state index is 0.619. The molecule has 2 nitrogen and oxygen atoms in total. The van der Waals surface area contributed by atoms with Gasteiger partial charge in [0.2, 0.25) is 0 Å². The summed E-state index contributed by atoms with van der Waals surface area (Å²) >= 11 is 0. The van der Waals surface area contributed by atoms with Gasteiger partial charge in [0.05, 0.1) is 0 Å². The van der Waals surface area contributed by atoms with Gasteiger partial charge in [0.1, 0.15) is 0 Å².